The maximum absolute atomic E-state index is 12.3. The van der Waals surface area contributed by atoms with Crippen molar-refractivity contribution in [2.24, 2.45) is 5.41 Å². The summed E-state index contributed by atoms with van der Waals surface area (Å²) in [6.45, 7) is 5.41. The predicted octanol–water partition coefficient (Wildman–Crippen LogP) is 2.51. The van der Waals surface area contributed by atoms with Crippen LogP contribution in [0.4, 0.5) is 0 Å². The van der Waals surface area contributed by atoms with Crippen LogP contribution >= 0.6 is 0 Å². The molecule has 0 aliphatic heterocycles. The molecule has 0 amide bonds. The molecule has 20 heavy (non-hydrogen) atoms. The van der Waals surface area contributed by atoms with Crippen molar-refractivity contribution in [1.29, 1.82) is 0 Å². The molecule has 4 nitrogen and oxygen atoms in total. The molecule has 1 aromatic heterocycles. The van der Waals surface area contributed by atoms with Crippen molar-refractivity contribution in [2.45, 2.75) is 27.2 Å². The van der Waals surface area contributed by atoms with Crippen LogP contribution in [0.25, 0.3) is 5.69 Å². The molecular formula is C16H16N2O2. The van der Waals surface area contributed by atoms with Crippen LogP contribution in [0.2, 0.25) is 0 Å². The number of aryl methyl sites for hydroxylation is 1. The van der Waals surface area contributed by atoms with Crippen molar-refractivity contribution in [3.63, 3.8) is 0 Å². The number of carbonyl (C=O) groups excluding carboxylic acids is 2. The molecule has 0 N–H and O–H groups in total. The second-order valence-corrected chi connectivity index (χ2v) is 5.87. The summed E-state index contributed by atoms with van der Waals surface area (Å²) in [6.07, 6.45) is 0.530. The molecule has 4 heteroatoms. The molecule has 2 aromatic rings. The van der Waals surface area contributed by atoms with E-state index in [2.05, 4.69) is 5.10 Å². The van der Waals surface area contributed by atoms with E-state index in [-0.39, 0.29) is 5.78 Å². The van der Waals surface area contributed by atoms with Crippen LogP contribution in [0.1, 0.15) is 35.6 Å². The Bertz CT molecular complexity index is 712. The molecule has 0 spiro atoms. The number of rotatable bonds is 1. The maximum Gasteiger partial charge on any atom is 0.232 e. The van der Waals surface area contributed by atoms with Gasteiger partial charge in [0, 0.05) is 11.8 Å². The lowest BCUT2D eigenvalue weighted by atomic mass is 9.74. The van der Waals surface area contributed by atoms with E-state index in [9.17, 15) is 9.59 Å². The summed E-state index contributed by atoms with van der Waals surface area (Å²) in [6, 6.07) is 9.69. The molecular weight excluding hydrogens is 252 g/mol. The van der Waals surface area contributed by atoms with E-state index in [4.69, 9.17) is 0 Å². The van der Waals surface area contributed by atoms with E-state index in [0.29, 0.717) is 17.7 Å². The highest BCUT2D eigenvalue weighted by Gasteiger charge is 2.43. The van der Waals surface area contributed by atoms with Crippen LogP contribution in [0.3, 0.4) is 0 Å². The van der Waals surface area contributed by atoms with E-state index < -0.39 is 11.2 Å². The van der Waals surface area contributed by atoms with Crippen molar-refractivity contribution in [2.75, 3.05) is 0 Å². The minimum atomic E-state index is -0.664. The third-order valence-corrected chi connectivity index (χ3v) is 3.81. The summed E-state index contributed by atoms with van der Waals surface area (Å²) in [5, 5.41) is 4.46. The van der Waals surface area contributed by atoms with Crippen molar-refractivity contribution in [1.82, 2.24) is 9.78 Å². The molecule has 0 fully saturated rings. The van der Waals surface area contributed by atoms with E-state index in [1.54, 1.807) is 11.6 Å². The summed E-state index contributed by atoms with van der Waals surface area (Å²) in [5.74, 6) is -0.725. The number of nitrogens with zero attached hydrogens (tertiary/aromatic N) is 2. The van der Waals surface area contributed by atoms with Crippen LogP contribution in [-0.2, 0) is 11.2 Å². The maximum atomic E-state index is 12.3. The van der Waals surface area contributed by atoms with Gasteiger partial charge in [-0.05, 0) is 19.1 Å². The lowest BCUT2D eigenvalue weighted by molar-refractivity contribution is -0.123. The van der Waals surface area contributed by atoms with Gasteiger partial charge in [-0.1, -0.05) is 32.0 Å². The van der Waals surface area contributed by atoms with Crippen LogP contribution in [0, 0.1) is 12.3 Å². The Hall–Kier alpha value is -2.23. The summed E-state index contributed by atoms with van der Waals surface area (Å²) in [7, 11) is 0. The number of hydrogen-bond donors (Lipinski definition) is 0. The Kier molecular flexibility index (Phi) is 2.64. The highest BCUT2D eigenvalue weighted by atomic mass is 16.2. The SMILES string of the molecule is Cc1nn(-c2ccccc2)c2c1C(=O)C(=O)C(C)(C)C2. The Labute approximate surface area is 117 Å². The Balaban J connectivity index is 2.24. The lowest BCUT2D eigenvalue weighted by Crippen LogP contribution is -2.39. The van der Waals surface area contributed by atoms with Crippen LogP contribution in [0.5, 0.6) is 0 Å². The number of ketones is 2. The molecule has 1 aliphatic rings. The molecule has 0 saturated carbocycles. The van der Waals surface area contributed by atoms with Crippen LogP contribution in [0.15, 0.2) is 30.3 Å². The molecule has 0 atom stereocenters. The Morgan fingerprint density at radius 1 is 1.15 bits per heavy atom. The number of fused-ring (bicyclic) bond motifs is 1. The average Bonchev–Trinajstić information content (AvgIpc) is 2.73. The monoisotopic (exact) mass is 268 g/mol. The van der Waals surface area contributed by atoms with E-state index >= 15 is 0 Å². The number of hydrogen-bond acceptors (Lipinski definition) is 3. The number of Topliss-reactive ketones (excluding diaryl/α,β-unsaturated/α-hetero) is 2. The normalized spacial score (nSPS) is 17.1. The van der Waals surface area contributed by atoms with Gasteiger partial charge >= 0.3 is 0 Å². The van der Waals surface area contributed by atoms with Gasteiger partial charge in [-0.15, -0.1) is 0 Å². The van der Waals surface area contributed by atoms with Crippen molar-refractivity contribution in [3.05, 3.63) is 47.3 Å². The molecule has 0 saturated heterocycles. The second-order valence-electron chi connectivity index (χ2n) is 5.87. The first kappa shape index (κ1) is 12.8. The molecule has 102 valence electrons. The zero-order valence-corrected chi connectivity index (χ0v) is 11.8. The van der Waals surface area contributed by atoms with E-state index in [0.717, 1.165) is 11.4 Å². The molecule has 1 heterocycles. The summed E-state index contributed by atoms with van der Waals surface area (Å²) in [4.78, 5) is 24.4. The summed E-state index contributed by atoms with van der Waals surface area (Å²) < 4.78 is 1.79. The van der Waals surface area contributed by atoms with Gasteiger partial charge < -0.3 is 0 Å². The van der Waals surface area contributed by atoms with Gasteiger partial charge in [-0.3, -0.25) is 9.59 Å². The zero-order chi connectivity index (χ0) is 14.5. The lowest BCUT2D eigenvalue weighted by Gasteiger charge is -2.27. The highest BCUT2D eigenvalue weighted by molar-refractivity contribution is 6.46. The third kappa shape index (κ3) is 1.72. The first-order valence-electron chi connectivity index (χ1n) is 6.65. The summed E-state index contributed by atoms with van der Waals surface area (Å²) >= 11 is 0. The first-order valence-corrected chi connectivity index (χ1v) is 6.65. The minimum absolute atomic E-state index is 0.319. The molecule has 1 aromatic carbocycles. The molecule has 0 unspecified atom stereocenters. The van der Waals surface area contributed by atoms with Crippen LogP contribution < -0.4 is 0 Å². The Morgan fingerprint density at radius 2 is 1.80 bits per heavy atom. The topological polar surface area (TPSA) is 52.0 Å². The van der Waals surface area contributed by atoms with Crippen molar-refractivity contribution >= 4 is 11.6 Å². The second kappa shape index (κ2) is 4.13. The molecule has 0 bridgehead atoms. The number of para-hydroxylation sites is 1. The van der Waals surface area contributed by atoms with Gasteiger partial charge in [-0.2, -0.15) is 5.10 Å². The van der Waals surface area contributed by atoms with Gasteiger partial charge in [0.1, 0.15) is 0 Å². The fourth-order valence-electron chi connectivity index (χ4n) is 2.74. The molecule has 0 radical (unpaired) electrons. The van der Waals surface area contributed by atoms with Gasteiger partial charge in [-0.25, -0.2) is 4.68 Å². The van der Waals surface area contributed by atoms with Gasteiger partial charge in [0.25, 0.3) is 0 Å². The van der Waals surface area contributed by atoms with Crippen molar-refractivity contribution < 1.29 is 9.59 Å². The number of aromatic nitrogens is 2. The molecule has 3 rings (SSSR count). The number of carbonyl (C=O) groups is 2. The first-order chi connectivity index (χ1) is 9.42. The van der Waals surface area contributed by atoms with E-state index in [1.807, 2.05) is 44.2 Å². The van der Waals surface area contributed by atoms with Gasteiger partial charge in [0.15, 0.2) is 0 Å². The standard InChI is InChI=1S/C16H16N2O2/c1-10-13-12(9-16(2,3)15(20)14(13)19)18(17-10)11-7-5-4-6-8-11/h4-8H,9H2,1-3H3. The fourth-order valence-corrected chi connectivity index (χ4v) is 2.74. The smallest absolute Gasteiger partial charge is 0.232 e. The highest BCUT2D eigenvalue weighted by Crippen LogP contribution is 2.34. The van der Waals surface area contributed by atoms with Gasteiger partial charge in [0.2, 0.25) is 11.6 Å². The summed E-state index contributed by atoms with van der Waals surface area (Å²) in [5.41, 5.74) is 2.19. The Morgan fingerprint density at radius 3 is 2.45 bits per heavy atom. The van der Waals surface area contributed by atoms with Crippen LogP contribution in [-0.4, -0.2) is 21.3 Å². The van der Waals surface area contributed by atoms with Gasteiger partial charge in [0.05, 0.1) is 22.6 Å². The molecule has 1 aliphatic carbocycles. The fraction of sp³-hybridized carbons (Fsp3) is 0.312. The number of benzene rings is 1. The largest absolute Gasteiger partial charge is 0.290 e. The zero-order valence-electron chi connectivity index (χ0n) is 11.8. The average molecular weight is 268 g/mol. The minimum Gasteiger partial charge on any atom is -0.290 e. The van der Waals surface area contributed by atoms with E-state index in [1.165, 1.54) is 0 Å². The predicted molar refractivity (Wildman–Crippen MR) is 75.1 cm³/mol. The quantitative estimate of drug-likeness (QED) is 0.747. The third-order valence-electron chi connectivity index (χ3n) is 3.81. The van der Waals surface area contributed by atoms with Crippen molar-refractivity contribution in [3.8, 4) is 5.69 Å².